The summed E-state index contributed by atoms with van der Waals surface area (Å²) >= 11 is 0. The molecule has 0 aliphatic rings. The molecule has 0 amide bonds. The molecule has 0 saturated carbocycles. The molecule has 0 heterocycles. The third kappa shape index (κ3) is 11.5. The zero-order valence-electron chi connectivity index (χ0n) is 4.25. The Hall–Kier alpha value is 0.000260. The SMILES string of the molecule is CC(=O)OC(F)(F)F.[Ag+]. The molecule has 0 bridgehead atoms. The molecule has 0 fully saturated rings. The smallest absolute Gasteiger partial charge is 0.373 e. The van der Waals surface area contributed by atoms with Crippen molar-refractivity contribution in [2.24, 2.45) is 0 Å². The minimum absolute atomic E-state index is 0. The van der Waals surface area contributed by atoms with Gasteiger partial charge in [0.2, 0.25) is 0 Å². The summed E-state index contributed by atoms with van der Waals surface area (Å²) in [6.45, 7) is 0.688. The third-order valence-corrected chi connectivity index (χ3v) is 0.259. The van der Waals surface area contributed by atoms with Crippen LogP contribution in [-0.2, 0) is 31.9 Å². The molecule has 58 valence electrons. The molecule has 0 rings (SSSR count). The zero-order valence-corrected chi connectivity index (χ0v) is 5.73. The second-order valence-electron chi connectivity index (χ2n) is 1.04. The van der Waals surface area contributed by atoms with E-state index in [1.165, 1.54) is 0 Å². The van der Waals surface area contributed by atoms with Gasteiger partial charge in [0.1, 0.15) is 0 Å². The van der Waals surface area contributed by atoms with Crippen molar-refractivity contribution in [3.63, 3.8) is 0 Å². The topological polar surface area (TPSA) is 26.3 Å². The quantitative estimate of drug-likeness (QED) is 0.464. The van der Waals surface area contributed by atoms with Crippen LogP contribution in [0.4, 0.5) is 13.2 Å². The van der Waals surface area contributed by atoms with Crippen molar-refractivity contribution in [1.82, 2.24) is 0 Å². The Morgan fingerprint density at radius 2 is 1.78 bits per heavy atom. The molecule has 2 nitrogen and oxygen atoms in total. The standard InChI is InChI=1S/C3H3F3O2.Ag/c1-2(7)8-3(4,5)6;/h1H3;/q;+1. The summed E-state index contributed by atoms with van der Waals surface area (Å²) in [5, 5.41) is 0. The number of carbonyl (C=O) groups excluding carboxylic acids is 1. The molecule has 0 atom stereocenters. The van der Waals surface area contributed by atoms with Crippen LogP contribution in [0.25, 0.3) is 0 Å². The number of ether oxygens (including phenoxy) is 1. The Kier molecular flexibility index (Phi) is 5.12. The fourth-order valence-electron chi connectivity index (χ4n) is 0.163. The maximum Gasteiger partial charge on any atom is 1.00 e. The van der Waals surface area contributed by atoms with Crippen LogP contribution in [0.1, 0.15) is 6.92 Å². The fourth-order valence-corrected chi connectivity index (χ4v) is 0.163. The molecule has 0 spiro atoms. The first-order valence-electron chi connectivity index (χ1n) is 1.68. The third-order valence-electron chi connectivity index (χ3n) is 0.259. The number of alkyl halides is 3. The van der Waals surface area contributed by atoms with Gasteiger partial charge in [0.05, 0.1) is 0 Å². The molecule has 0 radical (unpaired) electrons. The molecule has 0 aromatic carbocycles. The van der Waals surface area contributed by atoms with Gasteiger partial charge < -0.3 is 4.74 Å². The van der Waals surface area contributed by atoms with E-state index in [-0.39, 0.29) is 22.4 Å². The van der Waals surface area contributed by atoms with Crippen LogP contribution in [0.15, 0.2) is 0 Å². The summed E-state index contributed by atoms with van der Waals surface area (Å²) in [4.78, 5) is 9.52. The summed E-state index contributed by atoms with van der Waals surface area (Å²) in [5.74, 6) is -1.35. The first-order valence-corrected chi connectivity index (χ1v) is 1.68. The molecule has 6 heteroatoms. The number of carbonyl (C=O) groups is 1. The van der Waals surface area contributed by atoms with Crippen molar-refractivity contribution in [2.75, 3.05) is 0 Å². The molecular formula is C3H3AgF3O2+. The van der Waals surface area contributed by atoms with Crippen LogP contribution >= 0.6 is 0 Å². The largest absolute Gasteiger partial charge is 1.00 e. The van der Waals surface area contributed by atoms with E-state index in [4.69, 9.17) is 0 Å². The van der Waals surface area contributed by atoms with Crippen LogP contribution in [0, 0.1) is 0 Å². The van der Waals surface area contributed by atoms with E-state index in [1.54, 1.807) is 0 Å². The second-order valence-corrected chi connectivity index (χ2v) is 1.04. The Balaban J connectivity index is 0. The van der Waals surface area contributed by atoms with E-state index in [1.807, 2.05) is 0 Å². The van der Waals surface area contributed by atoms with Gasteiger partial charge in [0.25, 0.3) is 0 Å². The average molecular weight is 236 g/mol. The first-order chi connectivity index (χ1) is 3.42. The number of rotatable bonds is 0. The van der Waals surface area contributed by atoms with Gasteiger partial charge in [0, 0.05) is 6.92 Å². The Bertz CT molecular complexity index is 99.7. The first kappa shape index (κ1) is 11.8. The fraction of sp³-hybridized carbons (Fsp3) is 0.667. The van der Waals surface area contributed by atoms with Crippen LogP contribution in [0.2, 0.25) is 0 Å². The van der Waals surface area contributed by atoms with Crippen LogP contribution in [-0.4, -0.2) is 12.3 Å². The van der Waals surface area contributed by atoms with Crippen molar-refractivity contribution in [3.8, 4) is 0 Å². The van der Waals surface area contributed by atoms with Crippen LogP contribution in [0.3, 0.4) is 0 Å². The molecule has 0 aliphatic carbocycles. The minimum atomic E-state index is -4.83. The van der Waals surface area contributed by atoms with E-state index < -0.39 is 12.3 Å². The van der Waals surface area contributed by atoms with Gasteiger partial charge >= 0.3 is 34.7 Å². The maximum absolute atomic E-state index is 10.9. The van der Waals surface area contributed by atoms with E-state index in [0.717, 1.165) is 0 Å². The predicted molar refractivity (Wildman–Crippen MR) is 17.8 cm³/mol. The van der Waals surface area contributed by atoms with Gasteiger partial charge in [-0.1, -0.05) is 0 Å². The summed E-state index contributed by atoms with van der Waals surface area (Å²) < 4.78 is 35.4. The predicted octanol–water partition coefficient (Wildman–Crippen LogP) is 1.07. The summed E-state index contributed by atoms with van der Waals surface area (Å²) in [6.07, 6.45) is -4.83. The van der Waals surface area contributed by atoms with Crippen molar-refractivity contribution >= 4 is 5.97 Å². The Morgan fingerprint density at radius 1 is 1.44 bits per heavy atom. The van der Waals surface area contributed by atoms with E-state index >= 15 is 0 Å². The van der Waals surface area contributed by atoms with Gasteiger partial charge in [-0.25, -0.2) is 0 Å². The second kappa shape index (κ2) is 3.92. The molecule has 0 aliphatic heterocycles. The maximum atomic E-state index is 10.9. The molecule has 0 saturated heterocycles. The van der Waals surface area contributed by atoms with Crippen molar-refractivity contribution in [2.45, 2.75) is 13.3 Å². The Labute approximate surface area is 64.9 Å². The van der Waals surface area contributed by atoms with Gasteiger partial charge in [-0.15, -0.1) is 13.2 Å². The Morgan fingerprint density at radius 3 is 1.78 bits per heavy atom. The summed E-state index contributed by atoms with van der Waals surface area (Å²) in [6, 6.07) is 0. The van der Waals surface area contributed by atoms with E-state index in [2.05, 4.69) is 4.74 Å². The molecule has 0 aromatic heterocycles. The van der Waals surface area contributed by atoms with Crippen molar-refractivity contribution < 1.29 is 45.1 Å². The van der Waals surface area contributed by atoms with Crippen molar-refractivity contribution in [3.05, 3.63) is 0 Å². The number of esters is 1. The molecular weight excluding hydrogens is 233 g/mol. The van der Waals surface area contributed by atoms with Crippen molar-refractivity contribution in [1.29, 1.82) is 0 Å². The number of hydrogen-bond acceptors (Lipinski definition) is 2. The van der Waals surface area contributed by atoms with Gasteiger partial charge in [-0.05, 0) is 0 Å². The van der Waals surface area contributed by atoms with E-state index in [9.17, 15) is 18.0 Å². The number of hydrogen-bond donors (Lipinski definition) is 0. The van der Waals surface area contributed by atoms with Gasteiger partial charge in [-0.2, -0.15) is 0 Å². The molecule has 9 heavy (non-hydrogen) atoms. The molecule has 0 unspecified atom stereocenters. The van der Waals surface area contributed by atoms with Crippen LogP contribution < -0.4 is 0 Å². The molecule has 0 aromatic rings. The van der Waals surface area contributed by atoms with E-state index in [0.29, 0.717) is 6.92 Å². The normalized spacial score (nSPS) is 9.78. The average Bonchev–Trinajstić information content (AvgIpc) is 1.21. The van der Waals surface area contributed by atoms with Gasteiger partial charge in [-0.3, -0.25) is 4.79 Å². The van der Waals surface area contributed by atoms with Gasteiger partial charge in [0.15, 0.2) is 0 Å². The van der Waals surface area contributed by atoms with Crippen LogP contribution in [0.5, 0.6) is 0 Å². The molecule has 0 N–H and O–H groups in total. The zero-order chi connectivity index (χ0) is 6.78. The number of halogens is 3. The monoisotopic (exact) mass is 235 g/mol. The summed E-state index contributed by atoms with van der Waals surface area (Å²) in [5.41, 5.74) is 0. The summed E-state index contributed by atoms with van der Waals surface area (Å²) in [7, 11) is 0. The minimum Gasteiger partial charge on any atom is -0.373 e.